The maximum Gasteiger partial charge on any atom is 0.285 e. The first-order valence-electron chi connectivity index (χ1n) is 15.7. The van der Waals surface area contributed by atoms with Crippen molar-refractivity contribution in [3.8, 4) is 5.75 Å². The van der Waals surface area contributed by atoms with Crippen LogP contribution in [0.3, 0.4) is 0 Å². The van der Waals surface area contributed by atoms with Crippen LogP contribution in [0.2, 0.25) is 0 Å². The van der Waals surface area contributed by atoms with E-state index in [9.17, 15) is 14.4 Å². The monoisotopic (exact) mass is 983 g/mol. The molecule has 0 saturated heterocycles. The molecular weight excluding hydrogens is 952 g/mol. The summed E-state index contributed by atoms with van der Waals surface area (Å²) in [5, 5.41) is 3.22. The number of nitrogens with one attached hydrogen (secondary N) is 1. The summed E-state index contributed by atoms with van der Waals surface area (Å²) in [6.45, 7) is 5.92. The minimum Gasteiger partial charge on any atom is -0.487 e. The second-order valence-corrected chi connectivity index (χ2v) is 15.2. The van der Waals surface area contributed by atoms with Crippen LogP contribution >= 0.6 is 72.9 Å². The molecule has 0 bridgehead atoms. The number of amides is 3. The number of carbonyl (C=O) groups is 3. The van der Waals surface area contributed by atoms with Crippen molar-refractivity contribution in [1.82, 2.24) is 10.2 Å². The lowest BCUT2D eigenvalue weighted by Gasteiger charge is -2.28. The number of halogens is 3. The average Bonchev–Trinajstić information content (AvgIpc) is 3.13. The van der Waals surface area contributed by atoms with Crippen LogP contribution in [0.4, 0.5) is 0 Å². The molecule has 0 saturated carbocycles. The van der Waals surface area contributed by atoms with Crippen LogP contribution in [0.5, 0.6) is 5.75 Å². The van der Waals surface area contributed by atoms with Crippen molar-refractivity contribution in [3.05, 3.63) is 173 Å². The van der Waals surface area contributed by atoms with Crippen molar-refractivity contribution in [2.24, 2.45) is 4.99 Å². The molecule has 0 aliphatic carbocycles. The molecule has 3 amide bonds. The van der Waals surface area contributed by atoms with Crippen LogP contribution in [0.25, 0.3) is 6.08 Å². The highest BCUT2D eigenvalue weighted by Gasteiger charge is 2.35. The molecule has 0 fully saturated rings. The van der Waals surface area contributed by atoms with Crippen molar-refractivity contribution in [2.45, 2.75) is 19.6 Å². The number of aliphatic imine (C=N–C) groups is 1. The van der Waals surface area contributed by atoms with Gasteiger partial charge in [0.15, 0.2) is 5.17 Å². The SMILES string of the molecule is C=C/C=C\C(=C/C)N1C(=O)/C(=C/c2cc(I)c(OCc3ccc(Br)cc3)c(I)c2)C(=O)N=C1SCC(=O)NC(c1ccccc1)c1ccccc1. The Kier molecular flexibility index (Phi) is 14.0. The van der Waals surface area contributed by atoms with E-state index in [4.69, 9.17) is 4.74 Å². The third-order valence-corrected chi connectivity index (χ3v) is 10.6. The van der Waals surface area contributed by atoms with E-state index in [2.05, 4.69) is 78.0 Å². The summed E-state index contributed by atoms with van der Waals surface area (Å²) in [7, 11) is 0. The topological polar surface area (TPSA) is 88.1 Å². The van der Waals surface area contributed by atoms with Crippen LogP contribution in [0, 0.1) is 7.14 Å². The largest absolute Gasteiger partial charge is 0.487 e. The van der Waals surface area contributed by atoms with Crippen LogP contribution in [-0.4, -0.2) is 33.5 Å². The zero-order valence-electron chi connectivity index (χ0n) is 27.4. The third kappa shape index (κ3) is 10.2. The summed E-state index contributed by atoms with van der Waals surface area (Å²) in [6.07, 6.45) is 8.28. The molecule has 1 aliphatic heterocycles. The number of carbonyl (C=O) groups excluding carboxylic acids is 3. The zero-order valence-corrected chi connectivity index (χ0v) is 34.1. The Hall–Kier alpha value is -3.79. The fourth-order valence-corrected chi connectivity index (χ4v) is 8.30. The summed E-state index contributed by atoms with van der Waals surface area (Å²) in [5.74, 6) is -0.879. The van der Waals surface area contributed by atoms with Crippen LogP contribution in [0.15, 0.2) is 149 Å². The second kappa shape index (κ2) is 18.6. The smallest absolute Gasteiger partial charge is 0.285 e. The van der Waals surface area contributed by atoms with Gasteiger partial charge in [0.1, 0.15) is 17.9 Å². The van der Waals surface area contributed by atoms with E-state index in [0.29, 0.717) is 23.6 Å². The van der Waals surface area contributed by atoms with E-state index >= 15 is 0 Å². The number of ether oxygens (including phenoxy) is 1. The van der Waals surface area contributed by atoms with Gasteiger partial charge in [-0.05, 0) is 111 Å². The Morgan fingerprint density at radius 1 is 0.980 bits per heavy atom. The van der Waals surface area contributed by atoms with Crippen LogP contribution in [-0.2, 0) is 21.0 Å². The van der Waals surface area contributed by atoms with Crippen molar-refractivity contribution < 1.29 is 19.1 Å². The Morgan fingerprint density at radius 2 is 1.59 bits per heavy atom. The minimum atomic E-state index is -0.686. The van der Waals surface area contributed by atoms with Crippen LogP contribution < -0.4 is 10.1 Å². The Balaban J connectivity index is 1.39. The molecule has 0 atom stereocenters. The summed E-state index contributed by atoms with van der Waals surface area (Å²) < 4.78 is 8.79. The highest BCUT2D eigenvalue weighted by molar-refractivity contribution is 14.1. The molecule has 258 valence electrons. The minimum absolute atomic E-state index is 0.0780. The Morgan fingerprint density at radius 3 is 2.16 bits per heavy atom. The average molecular weight is 984 g/mol. The number of thioether (sulfide) groups is 1. The molecule has 1 N–H and O–H groups in total. The molecule has 0 radical (unpaired) electrons. The van der Waals surface area contributed by atoms with Gasteiger partial charge in [0.25, 0.3) is 11.8 Å². The lowest BCUT2D eigenvalue weighted by molar-refractivity contribution is -0.126. The summed E-state index contributed by atoms with van der Waals surface area (Å²) >= 11 is 8.86. The number of amidine groups is 1. The molecule has 11 heteroatoms. The standard InChI is InChI=1S/C40H32BrI2N3O4S/c1-3-5-16-31(4-2)46-39(49)32(21-27-22-33(42)37(34(43)23-27)50-24-26-17-19-30(41)20-18-26)38(48)45-40(46)51-25-35(47)44-36(28-12-8-6-9-13-28)29-14-10-7-11-15-29/h3-23,36H,1,24-25H2,2H3,(H,44,47)/b16-5-,31-4+,32-21+. The number of allylic oxidation sites excluding steroid dienone is 4. The Bertz CT molecular complexity index is 1990. The summed E-state index contributed by atoms with van der Waals surface area (Å²) in [5.41, 5.74) is 3.92. The van der Waals surface area contributed by atoms with Gasteiger partial charge >= 0.3 is 0 Å². The van der Waals surface area contributed by atoms with Gasteiger partial charge in [0.05, 0.1) is 18.9 Å². The van der Waals surface area contributed by atoms with Gasteiger partial charge in [-0.3, -0.25) is 19.3 Å². The number of rotatable bonds is 12. The normalized spacial score (nSPS) is 14.3. The molecular formula is C40H32BrI2N3O4S. The van der Waals surface area contributed by atoms with Crippen LogP contribution in [0.1, 0.15) is 35.2 Å². The predicted octanol–water partition coefficient (Wildman–Crippen LogP) is 9.63. The van der Waals surface area contributed by atoms with E-state index in [1.165, 1.54) is 4.90 Å². The van der Waals surface area contributed by atoms with Gasteiger partial charge in [-0.2, -0.15) is 4.99 Å². The molecule has 1 heterocycles. The molecule has 4 aromatic carbocycles. The first kappa shape index (κ1) is 38.4. The maximum atomic E-state index is 14.1. The van der Waals surface area contributed by atoms with E-state index in [-0.39, 0.29) is 28.4 Å². The molecule has 4 aromatic rings. The number of benzene rings is 4. The van der Waals surface area contributed by atoms with E-state index in [1.54, 1.807) is 37.3 Å². The van der Waals surface area contributed by atoms with Gasteiger partial charge < -0.3 is 10.1 Å². The second-order valence-electron chi connectivity index (χ2n) is 11.0. The first-order chi connectivity index (χ1) is 24.7. The van der Waals surface area contributed by atoms with E-state index in [0.717, 1.165) is 40.1 Å². The highest BCUT2D eigenvalue weighted by Crippen LogP contribution is 2.32. The van der Waals surface area contributed by atoms with Gasteiger partial charge in [0.2, 0.25) is 5.91 Å². The Labute approximate surface area is 337 Å². The fraction of sp³-hybridized carbons (Fsp3) is 0.100. The molecule has 1 aliphatic rings. The quantitative estimate of drug-likeness (QED) is 0.0662. The summed E-state index contributed by atoms with van der Waals surface area (Å²) in [6, 6.07) is 30.6. The van der Waals surface area contributed by atoms with E-state index < -0.39 is 11.8 Å². The molecule has 7 nitrogen and oxygen atoms in total. The predicted molar refractivity (Wildman–Crippen MR) is 226 cm³/mol. The molecule has 51 heavy (non-hydrogen) atoms. The van der Waals surface area contributed by atoms with E-state index in [1.807, 2.05) is 97.1 Å². The number of hydrogen-bond donors (Lipinski definition) is 1. The number of hydrogen-bond acceptors (Lipinski definition) is 5. The lowest BCUT2D eigenvalue weighted by Crippen LogP contribution is -2.42. The fourth-order valence-electron chi connectivity index (χ4n) is 5.10. The van der Waals surface area contributed by atoms with Crippen molar-refractivity contribution in [3.63, 3.8) is 0 Å². The van der Waals surface area contributed by atoms with Gasteiger partial charge in [-0.25, -0.2) is 0 Å². The van der Waals surface area contributed by atoms with Crippen molar-refractivity contribution >= 4 is 102 Å². The summed E-state index contributed by atoms with van der Waals surface area (Å²) in [4.78, 5) is 46.8. The maximum absolute atomic E-state index is 14.1. The number of nitrogens with zero attached hydrogens (tertiary/aromatic N) is 2. The van der Waals surface area contributed by atoms with Gasteiger partial charge in [-0.15, -0.1) is 0 Å². The highest BCUT2D eigenvalue weighted by atomic mass is 127. The first-order valence-corrected chi connectivity index (χ1v) is 19.6. The molecule has 0 spiro atoms. The molecule has 0 aromatic heterocycles. The van der Waals surface area contributed by atoms with Gasteiger partial charge in [-0.1, -0.05) is 125 Å². The third-order valence-electron chi connectivity index (χ3n) is 7.54. The lowest BCUT2D eigenvalue weighted by atomic mass is 9.99. The van der Waals surface area contributed by atoms with Crippen molar-refractivity contribution in [2.75, 3.05) is 5.75 Å². The molecule has 5 rings (SSSR count). The zero-order chi connectivity index (χ0) is 36.3. The van der Waals surface area contributed by atoms with Crippen molar-refractivity contribution in [1.29, 1.82) is 0 Å². The molecule has 0 unspecified atom stereocenters. The van der Waals surface area contributed by atoms with Gasteiger partial charge in [0, 0.05) is 10.2 Å².